The summed E-state index contributed by atoms with van der Waals surface area (Å²) < 4.78 is 5.69. The topological polar surface area (TPSA) is 63.6 Å². The summed E-state index contributed by atoms with van der Waals surface area (Å²) in [4.78, 5) is 5.31. The molecule has 0 aromatic rings. The second-order valence-corrected chi connectivity index (χ2v) is 9.08. The van der Waals surface area contributed by atoms with Crippen LogP contribution in [0.3, 0.4) is 0 Å². The Morgan fingerprint density at radius 2 is 1.96 bits per heavy atom. The summed E-state index contributed by atoms with van der Waals surface area (Å²) >= 11 is 0. The number of ether oxygens (including phenoxy) is 1. The Morgan fingerprint density at radius 1 is 1.25 bits per heavy atom. The lowest BCUT2D eigenvalue weighted by Gasteiger charge is -2.50. The molecule has 3 heterocycles. The highest BCUT2D eigenvalue weighted by molar-refractivity contribution is 5.30. The molecular weight excluding hydrogens is 350 g/mol. The van der Waals surface area contributed by atoms with E-state index in [0.29, 0.717) is 0 Å². The molecule has 6 heteroatoms. The van der Waals surface area contributed by atoms with Crippen LogP contribution in [0.2, 0.25) is 0 Å². The molecule has 0 aliphatic carbocycles. The standard InChI is InChI=1S/C22H37N5O/c1-19(2)6-10-26-11-13-27(14-12-26)22(8-15-28-16-9-22)18-24-20-5-4-7-21(3,17-23)25-20/h4-5,7,19,24-25H,6,8-16,18H2,1-3H3. The molecule has 0 aromatic heterocycles. The summed E-state index contributed by atoms with van der Waals surface area (Å²) in [5.74, 6) is 1.71. The molecule has 3 rings (SSSR count). The van der Waals surface area contributed by atoms with Crippen molar-refractivity contribution in [3.63, 3.8) is 0 Å². The predicted octanol–water partition coefficient (Wildman–Crippen LogP) is 2.07. The van der Waals surface area contributed by atoms with Gasteiger partial charge in [0.25, 0.3) is 0 Å². The summed E-state index contributed by atoms with van der Waals surface area (Å²) in [7, 11) is 0. The molecule has 1 unspecified atom stereocenters. The van der Waals surface area contributed by atoms with E-state index in [-0.39, 0.29) is 5.54 Å². The molecular formula is C22H37N5O. The zero-order valence-corrected chi connectivity index (χ0v) is 17.8. The molecule has 1 atom stereocenters. The molecule has 156 valence electrons. The first-order valence-electron chi connectivity index (χ1n) is 10.8. The largest absolute Gasteiger partial charge is 0.381 e. The second kappa shape index (κ2) is 9.30. The third-order valence-corrected chi connectivity index (χ3v) is 6.42. The van der Waals surface area contributed by atoms with Crippen molar-refractivity contribution in [2.24, 2.45) is 5.92 Å². The molecule has 0 aromatic carbocycles. The lowest BCUT2D eigenvalue weighted by Crippen LogP contribution is -2.63. The van der Waals surface area contributed by atoms with Gasteiger partial charge in [-0.05, 0) is 50.8 Å². The predicted molar refractivity (Wildman–Crippen MR) is 113 cm³/mol. The van der Waals surface area contributed by atoms with Crippen molar-refractivity contribution >= 4 is 0 Å². The monoisotopic (exact) mass is 387 g/mol. The molecule has 6 nitrogen and oxygen atoms in total. The van der Waals surface area contributed by atoms with Crippen molar-refractivity contribution in [3.05, 3.63) is 24.0 Å². The van der Waals surface area contributed by atoms with Gasteiger partial charge in [-0.2, -0.15) is 5.26 Å². The molecule has 28 heavy (non-hydrogen) atoms. The van der Waals surface area contributed by atoms with Crippen LogP contribution < -0.4 is 10.6 Å². The summed E-state index contributed by atoms with van der Waals surface area (Å²) in [5.41, 5.74) is -0.503. The molecule has 3 aliphatic heterocycles. The minimum atomic E-state index is -0.637. The van der Waals surface area contributed by atoms with Crippen molar-refractivity contribution in [3.8, 4) is 6.07 Å². The van der Waals surface area contributed by atoms with E-state index in [2.05, 4.69) is 40.4 Å². The maximum absolute atomic E-state index is 9.39. The Balaban J connectivity index is 1.58. The highest BCUT2D eigenvalue weighted by atomic mass is 16.5. The van der Waals surface area contributed by atoms with E-state index >= 15 is 0 Å². The Labute approximate surface area is 170 Å². The van der Waals surface area contributed by atoms with Gasteiger partial charge in [0.05, 0.1) is 6.07 Å². The van der Waals surface area contributed by atoms with E-state index < -0.39 is 5.54 Å². The van der Waals surface area contributed by atoms with E-state index in [4.69, 9.17) is 4.74 Å². The number of piperazine rings is 1. The quantitative estimate of drug-likeness (QED) is 0.697. The van der Waals surface area contributed by atoms with Gasteiger partial charge >= 0.3 is 0 Å². The fraction of sp³-hybridized carbons (Fsp3) is 0.773. The SMILES string of the molecule is CC(C)CCN1CCN(C2(CNC3=CC=CC(C)(C#N)N3)CCOCC2)CC1. The number of allylic oxidation sites excluding steroid dienone is 2. The lowest BCUT2D eigenvalue weighted by molar-refractivity contribution is -0.0459. The summed E-state index contributed by atoms with van der Waals surface area (Å²) in [5, 5.41) is 16.3. The minimum Gasteiger partial charge on any atom is -0.381 e. The second-order valence-electron chi connectivity index (χ2n) is 9.08. The van der Waals surface area contributed by atoms with Gasteiger partial charge in [-0.15, -0.1) is 0 Å². The first-order chi connectivity index (χ1) is 13.4. The number of nitrogens with zero attached hydrogens (tertiary/aromatic N) is 3. The van der Waals surface area contributed by atoms with Gasteiger partial charge in [-0.3, -0.25) is 4.90 Å². The van der Waals surface area contributed by atoms with E-state index in [1.807, 2.05) is 25.2 Å². The van der Waals surface area contributed by atoms with Crippen molar-refractivity contribution < 1.29 is 4.74 Å². The highest BCUT2D eigenvalue weighted by Crippen LogP contribution is 2.29. The normalized spacial score (nSPS) is 28.5. The van der Waals surface area contributed by atoms with Crippen LogP contribution in [0.15, 0.2) is 24.0 Å². The molecule has 2 saturated heterocycles. The van der Waals surface area contributed by atoms with E-state index in [1.165, 1.54) is 13.0 Å². The van der Waals surface area contributed by atoms with Gasteiger partial charge < -0.3 is 20.3 Å². The van der Waals surface area contributed by atoms with Crippen LogP contribution in [-0.2, 0) is 4.74 Å². The Hall–Kier alpha value is -1.55. The van der Waals surface area contributed by atoms with E-state index in [1.54, 1.807) is 0 Å². The zero-order valence-electron chi connectivity index (χ0n) is 17.8. The van der Waals surface area contributed by atoms with Crippen LogP contribution >= 0.6 is 0 Å². The summed E-state index contributed by atoms with van der Waals surface area (Å²) in [6.07, 6.45) is 9.29. The third kappa shape index (κ3) is 5.28. The molecule has 0 bridgehead atoms. The molecule has 3 aliphatic rings. The molecule has 0 radical (unpaired) electrons. The highest BCUT2D eigenvalue weighted by Gasteiger charge is 2.40. The molecule has 2 fully saturated rings. The average molecular weight is 388 g/mol. The number of dihydropyridines is 1. The Morgan fingerprint density at radius 3 is 2.61 bits per heavy atom. The maximum atomic E-state index is 9.39. The first-order valence-corrected chi connectivity index (χ1v) is 10.8. The van der Waals surface area contributed by atoms with Gasteiger partial charge in [0.15, 0.2) is 0 Å². The molecule has 0 amide bonds. The first kappa shape index (κ1) is 21.2. The lowest BCUT2D eigenvalue weighted by atomic mass is 9.87. The van der Waals surface area contributed by atoms with Gasteiger partial charge in [0, 0.05) is 51.5 Å². The van der Waals surface area contributed by atoms with E-state index in [0.717, 1.165) is 70.5 Å². The maximum Gasteiger partial charge on any atom is 0.142 e. The average Bonchev–Trinajstić information content (AvgIpc) is 2.72. The van der Waals surface area contributed by atoms with Gasteiger partial charge in [0.1, 0.15) is 11.4 Å². The van der Waals surface area contributed by atoms with E-state index in [9.17, 15) is 5.26 Å². The van der Waals surface area contributed by atoms with Crippen LogP contribution in [0, 0.1) is 17.2 Å². The fourth-order valence-corrected chi connectivity index (χ4v) is 4.37. The van der Waals surface area contributed by atoms with Crippen molar-refractivity contribution in [1.29, 1.82) is 5.26 Å². The van der Waals surface area contributed by atoms with Crippen molar-refractivity contribution in [1.82, 2.24) is 20.4 Å². The number of nitrogens with one attached hydrogen (secondary N) is 2. The van der Waals surface area contributed by atoms with Crippen molar-refractivity contribution in [2.75, 3.05) is 52.5 Å². The van der Waals surface area contributed by atoms with Gasteiger partial charge in [0.2, 0.25) is 0 Å². The van der Waals surface area contributed by atoms with Crippen LogP contribution in [-0.4, -0.2) is 73.4 Å². The number of hydrogen-bond donors (Lipinski definition) is 2. The molecule has 2 N–H and O–H groups in total. The van der Waals surface area contributed by atoms with Gasteiger partial charge in [-0.1, -0.05) is 19.9 Å². The Bertz CT molecular complexity index is 609. The number of rotatable bonds is 7. The fourth-order valence-electron chi connectivity index (χ4n) is 4.37. The minimum absolute atomic E-state index is 0.134. The van der Waals surface area contributed by atoms with Crippen LogP contribution in [0.5, 0.6) is 0 Å². The molecule has 0 saturated carbocycles. The third-order valence-electron chi connectivity index (χ3n) is 6.42. The van der Waals surface area contributed by atoms with Crippen LogP contribution in [0.1, 0.15) is 40.0 Å². The summed E-state index contributed by atoms with van der Waals surface area (Å²) in [6.45, 7) is 14.8. The number of hydrogen-bond acceptors (Lipinski definition) is 6. The van der Waals surface area contributed by atoms with Crippen LogP contribution in [0.4, 0.5) is 0 Å². The van der Waals surface area contributed by atoms with Crippen LogP contribution in [0.25, 0.3) is 0 Å². The number of nitriles is 1. The van der Waals surface area contributed by atoms with Gasteiger partial charge in [-0.25, -0.2) is 0 Å². The smallest absolute Gasteiger partial charge is 0.142 e. The van der Waals surface area contributed by atoms with Crippen molar-refractivity contribution in [2.45, 2.75) is 51.1 Å². The Kier molecular flexibility index (Phi) is 7.03. The zero-order chi connectivity index (χ0) is 20.0. The molecule has 0 spiro atoms. The summed E-state index contributed by atoms with van der Waals surface area (Å²) in [6, 6.07) is 2.33.